The van der Waals surface area contributed by atoms with Crippen molar-refractivity contribution in [3.8, 4) is 5.69 Å². The maximum atomic E-state index is 13.2. The fourth-order valence-corrected chi connectivity index (χ4v) is 3.80. The van der Waals surface area contributed by atoms with E-state index in [9.17, 15) is 4.79 Å². The third kappa shape index (κ3) is 3.29. The van der Waals surface area contributed by atoms with Crippen LogP contribution < -0.4 is 9.72 Å². The van der Waals surface area contributed by atoms with Gasteiger partial charge in [0.2, 0.25) is 5.03 Å². The molecule has 2 aromatic carbocycles. The molecule has 0 saturated carbocycles. The van der Waals surface area contributed by atoms with Crippen molar-refractivity contribution in [2.45, 2.75) is 24.9 Å². The quantitative estimate of drug-likeness (QED) is 0.397. The van der Waals surface area contributed by atoms with E-state index in [1.54, 1.807) is 0 Å². The highest BCUT2D eigenvalue weighted by Crippen LogP contribution is 2.23. The fraction of sp³-hybridized carbons (Fsp3) is 0.130. The van der Waals surface area contributed by atoms with Gasteiger partial charge in [-0.15, -0.1) is 0 Å². The SMILES string of the molecule is Cc1ccc(-n2c(S)c(C(=O)NC(C)c3ccccc3)[n+]3ccccc23)cc1. The van der Waals surface area contributed by atoms with E-state index < -0.39 is 0 Å². The van der Waals surface area contributed by atoms with Crippen molar-refractivity contribution >= 4 is 24.2 Å². The minimum absolute atomic E-state index is 0.108. The molecule has 140 valence electrons. The number of imidazole rings is 1. The van der Waals surface area contributed by atoms with Crippen molar-refractivity contribution in [2.75, 3.05) is 0 Å². The summed E-state index contributed by atoms with van der Waals surface area (Å²) in [5.74, 6) is -0.159. The second-order valence-electron chi connectivity index (χ2n) is 6.88. The number of carbonyl (C=O) groups is 1. The van der Waals surface area contributed by atoms with Crippen molar-refractivity contribution in [3.63, 3.8) is 0 Å². The number of hydrogen-bond acceptors (Lipinski definition) is 2. The van der Waals surface area contributed by atoms with Crippen LogP contribution in [0.3, 0.4) is 0 Å². The van der Waals surface area contributed by atoms with Gasteiger partial charge in [-0.1, -0.05) is 66.7 Å². The number of fused-ring (bicyclic) bond motifs is 1. The Morgan fingerprint density at radius 1 is 1.00 bits per heavy atom. The van der Waals surface area contributed by atoms with E-state index in [-0.39, 0.29) is 11.9 Å². The number of benzene rings is 2. The third-order valence-corrected chi connectivity index (χ3v) is 5.30. The second-order valence-corrected chi connectivity index (χ2v) is 7.30. The lowest BCUT2D eigenvalue weighted by atomic mass is 10.1. The lowest BCUT2D eigenvalue weighted by Crippen LogP contribution is -2.35. The highest BCUT2D eigenvalue weighted by Gasteiger charge is 2.30. The zero-order valence-corrected chi connectivity index (χ0v) is 16.7. The van der Waals surface area contributed by atoms with E-state index in [1.165, 1.54) is 5.56 Å². The summed E-state index contributed by atoms with van der Waals surface area (Å²) < 4.78 is 3.87. The minimum Gasteiger partial charge on any atom is -0.342 e. The van der Waals surface area contributed by atoms with Gasteiger partial charge in [-0.25, -0.2) is 0 Å². The van der Waals surface area contributed by atoms with Crippen LogP contribution in [0.5, 0.6) is 0 Å². The Balaban J connectivity index is 1.78. The first kappa shape index (κ1) is 18.3. The number of thiol groups is 1. The van der Waals surface area contributed by atoms with Crippen molar-refractivity contribution in [2.24, 2.45) is 0 Å². The van der Waals surface area contributed by atoms with Crippen LogP contribution in [-0.2, 0) is 0 Å². The first-order chi connectivity index (χ1) is 13.6. The Labute approximate surface area is 169 Å². The number of nitrogens with zero attached hydrogens (tertiary/aromatic N) is 2. The van der Waals surface area contributed by atoms with Crippen LogP contribution in [0.15, 0.2) is 84.0 Å². The van der Waals surface area contributed by atoms with Gasteiger partial charge in [-0.05, 0) is 37.6 Å². The number of amides is 1. The van der Waals surface area contributed by atoms with Gasteiger partial charge in [0, 0.05) is 6.07 Å². The monoisotopic (exact) mass is 388 g/mol. The molecule has 1 unspecified atom stereocenters. The molecule has 2 aromatic heterocycles. The zero-order chi connectivity index (χ0) is 19.7. The molecular formula is C23H22N3OS+. The van der Waals surface area contributed by atoms with Gasteiger partial charge in [0.15, 0.2) is 0 Å². The summed E-state index contributed by atoms with van der Waals surface area (Å²) in [6.45, 7) is 4.03. The molecule has 0 radical (unpaired) electrons. The topological polar surface area (TPSA) is 38.1 Å². The van der Waals surface area contributed by atoms with Crippen molar-refractivity contribution in [1.82, 2.24) is 9.88 Å². The van der Waals surface area contributed by atoms with E-state index in [1.807, 2.05) is 82.8 Å². The van der Waals surface area contributed by atoms with Crippen LogP contribution >= 0.6 is 12.6 Å². The smallest absolute Gasteiger partial charge is 0.297 e. The number of nitrogens with one attached hydrogen (secondary N) is 1. The molecule has 0 aliphatic heterocycles. The summed E-state index contributed by atoms with van der Waals surface area (Å²) in [5.41, 5.74) is 4.61. The van der Waals surface area contributed by atoms with Crippen molar-refractivity contribution in [1.29, 1.82) is 0 Å². The zero-order valence-electron chi connectivity index (χ0n) is 15.8. The predicted octanol–water partition coefficient (Wildman–Crippen LogP) is 4.30. The van der Waals surface area contributed by atoms with Gasteiger partial charge in [0.1, 0.15) is 5.69 Å². The van der Waals surface area contributed by atoms with Gasteiger partial charge >= 0.3 is 0 Å². The number of aryl methyl sites for hydroxylation is 1. The van der Waals surface area contributed by atoms with E-state index in [4.69, 9.17) is 12.6 Å². The van der Waals surface area contributed by atoms with Crippen LogP contribution in [0, 0.1) is 6.92 Å². The number of rotatable bonds is 4. The fourth-order valence-electron chi connectivity index (χ4n) is 3.38. The largest absolute Gasteiger partial charge is 0.342 e. The molecule has 0 aliphatic rings. The molecule has 4 aromatic rings. The maximum Gasteiger partial charge on any atom is 0.297 e. The Morgan fingerprint density at radius 3 is 2.39 bits per heavy atom. The molecule has 1 N–H and O–H groups in total. The van der Waals surface area contributed by atoms with Crippen molar-refractivity contribution in [3.05, 3.63) is 95.8 Å². The third-order valence-electron chi connectivity index (χ3n) is 4.89. The van der Waals surface area contributed by atoms with E-state index in [2.05, 4.69) is 24.4 Å². The minimum atomic E-state index is -0.159. The number of aromatic nitrogens is 2. The summed E-state index contributed by atoms with van der Waals surface area (Å²) in [7, 11) is 0. The normalized spacial score (nSPS) is 12.1. The van der Waals surface area contributed by atoms with Gasteiger partial charge in [-0.2, -0.15) is 8.97 Å². The van der Waals surface area contributed by atoms with Gasteiger partial charge in [-0.3, -0.25) is 4.79 Å². The maximum absolute atomic E-state index is 13.2. The summed E-state index contributed by atoms with van der Waals surface area (Å²) in [4.78, 5) is 13.2. The van der Waals surface area contributed by atoms with Crippen molar-refractivity contribution < 1.29 is 9.20 Å². The Morgan fingerprint density at radius 2 is 1.68 bits per heavy atom. The van der Waals surface area contributed by atoms with E-state index in [0.717, 1.165) is 16.9 Å². The van der Waals surface area contributed by atoms with Crippen LogP contribution in [0.4, 0.5) is 0 Å². The standard InChI is InChI=1S/C23H21N3OS/c1-16-11-13-19(14-12-16)26-20-10-6-7-15-25(20)21(23(26)28)22(27)24-17(2)18-8-4-3-5-9-18/h3-15,17H,1-2H3,(H-,24,27,28)/p+1. The molecule has 0 bridgehead atoms. The van der Waals surface area contributed by atoms with Crippen LogP contribution in [-0.4, -0.2) is 10.5 Å². The first-order valence-electron chi connectivity index (χ1n) is 9.23. The number of hydrogen-bond donors (Lipinski definition) is 2. The van der Waals surface area contributed by atoms with E-state index >= 15 is 0 Å². The summed E-state index contributed by atoms with van der Waals surface area (Å²) >= 11 is 4.74. The molecule has 0 saturated heterocycles. The molecule has 0 fully saturated rings. The molecule has 5 heteroatoms. The summed E-state index contributed by atoms with van der Waals surface area (Å²) in [6, 6.07) is 23.9. The Kier molecular flexibility index (Phi) is 4.92. The summed E-state index contributed by atoms with van der Waals surface area (Å²) in [5, 5.41) is 3.70. The molecule has 1 atom stereocenters. The molecular weight excluding hydrogens is 366 g/mol. The number of pyridine rings is 1. The van der Waals surface area contributed by atoms with Crippen LogP contribution in [0.25, 0.3) is 11.3 Å². The predicted molar refractivity (Wildman–Crippen MR) is 113 cm³/mol. The average Bonchev–Trinajstić information content (AvgIpc) is 3.01. The highest BCUT2D eigenvalue weighted by molar-refractivity contribution is 7.80. The summed E-state index contributed by atoms with van der Waals surface area (Å²) in [6.07, 6.45) is 1.89. The molecule has 0 spiro atoms. The van der Waals surface area contributed by atoms with Crippen LogP contribution in [0.2, 0.25) is 0 Å². The number of carbonyl (C=O) groups excluding carboxylic acids is 1. The van der Waals surface area contributed by atoms with E-state index in [0.29, 0.717) is 10.7 Å². The molecule has 0 aliphatic carbocycles. The average molecular weight is 389 g/mol. The van der Waals surface area contributed by atoms with Gasteiger partial charge in [0.05, 0.1) is 12.2 Å². The Hall–Kier alpha value is -3.05. The van der Waals surface area contributed by atoms with Gasteiger partial charge in [0.25, 0.3) is 17.2 Å². The first-order valence-corrected chi connectivity index (χ1v) is 9.68. The second kappa shape index (κ2) is 7.52. The Bertz CT molecular complexity index is 1130. The van der Waals surface area contributed by atoms with Gasteiger partial charge < -0.3 is 5.32 Å². The highest BCUT2D eigenvalue weighted by atomic mass is 32.1. The molecule has 2 heterocycles. The molecule has 1 amide bonds. The molecule has 4 rings (SSSR count). The lowest BCUT2D eigenvalue weighted by Gasteiger charge is -2.13. The molecule has 4 nitrogen and oxygen atoms in total. The van der Waals surface area contributed by atoms with Crippen LogP contribution in [0.1, 0.15) is 34.6 Å². The molecule has 28 heavy (non-hydrogen) atoms. The lowest BCUT2D eigenvalue weighted by molar-refractivity contribution is -0.514.